The van der Waals surface area contributed by atoms with Gasteiger partial charge in [0.05, 0.1) is 0 Å². The minimum Gasteiger partial charge on any atom is -0.398 e. The van der Waals surface area contributed by atoms with Crippen LogP contribution in [0.25, 0.3) is 0 Å². The zero-order valence-corrected chi connectivity index (χ0v) is 10.7. The predicted octanol–water partition coefficient (Wildman–Crippen LogP) is 1.72. The summed E-state index contributed by atoms with van der Waals surface area (Å²) >= 11 is 5.81. The van der Waals surface area contributed by atoms with E-state index in [1.165, 1.54) is 22.9 Å². The molecule has 19 heavy (non-hydrogen) atoms. The molecule has 0 atom stereocenters. The molecule has 1 aromatic heterocycles. The van der Waals surface area contributed by atoms with Gasteiger partial charge in [-0.05, 0) is 24.3 Å². The third-order valence-corrected chi connectivity index (χ3v) is 2.66. The van der Waals surface area contributed by atoms with Crippen LogP contribution in [-0.4, -0.2) is 10.5 Å². The summed E-state index contributed by atoms with van der Waals surface area (Å²) in [6.45, 7) is -0.101. The van der Waals surface area contributed by atoms with Crippen molar-refractivity contribution in [3.8, 4) is 0 Å². The quantitative estimate of drug-likeness (QED) is 0.897. The van der Waals surface area contributed by atoms with E-state index >= 15 is 0 Å². The van der Waals surface area contributed by atoms with E-state index in [4.69, 9.17) is 17.3 Å². The van der Waals surface area contributed by atoms with E-state index in [-0.39, 0.29) is 18.0 Å². The topological polar surface area (TPSA) is 77.1 Å². The molecule has 0 saturated heterocycles. The van der Waals surface area contributed by atoms with Crippen molar-refractivity contribution in [2.75, 3.05) is 11.1 Å². The van der Waals surface area contributed by atoms with Crippen LogP contribution in [0.1, 0.15) is 0 Å². The number of nitrogens with two attached hydrogens (primary N) is 1. The van der Waals surface area contributed by atoms with Crippen molar-refractivity contribution < 1.29 is 4.79 Å². The Labute approximate surface area is 114 Å². The normalized spacial score (nSPS) is 10.2. The Bertz CT molecular complexity index is 667. The highest BCUT2D eigenvalue weighted by Gasteiger charge is 2.05. The Hall–Kier alpha value is -2.27. The molecule has 1 amide bonds. The summed E-state index contributed by atoms with van der Waals surface area (Å²) in [7, 11) is 0. The number of benzene rings is 1. The Balaban J connectivity index is 2.09. The monoisotopic (exact) mass is 277 g/mol. The van der Waals surface area contributed by atoms with E-state index in [9.17, 15) is 9.59 Å². The third kappa shape index (κ3) is 3.59. The maximum absolute atomic E-state index is 11.8. The van der Waals surface area contributed by atoms with Crippen LogP contribution in [0.4, 0.5) is 11.4 Å². The van der Waals surface area contributed by atoms with E-state index in [1.807, 2.05) is 0 Å². The van der Waals surface area contributed by atoms with E-state index in [2.05, 4.69) is 5.32 Å². The van der Waals surface area contributed by atoms with Crippen LogP contribution in [-0.2, 0) is 11.3 Å². The largest absolute Gasteiger partial charge is 0.398 e. The molecular weight excluding hydrogens is 266 g/mol. The standard InChI is InChI=1S/C13H12ClN3O2/c14-9-2-1-3-11(6-9)16-12(18)8-17-7-10(15)4-5-13(17)19/h1-7H,8,15H2,(H,16,18). The second kappa shape index (κ2) is 5.58. The second-order valence-electron chi connectivity index (χ2n) is 3.99. The highest BCUT2D eigenvalue weighted by atomic mass is 35.5. The van der Waals surface area contributed by atoms with Crippen LogP contribution in [0.5, 0.6) is 0 Å². The first-order valence-corrected chi connectivity index (χ1v) is 5.94. The molecule has 0 aliphatic carbocycles. The smallest absolute Gasteiger partial charge is 0.251 e. The van der Waals surface area contributed by atoms with E-state index in [1.54, 1.807) is 24.3 Å². The molecule has 3 N–H and O–H groups in total. The zero-order chi connectivity index (χ0) is 13.8. The number of amides is 1. The number of anilines is 2. The summed E-state index contributed by atoms with van der Waals surface area (Å²) in [6, 6.07) is 9.59. The van der Waals surface area contributed by atoms with Gasteiger partial charge in [0.15, 0.2) is 0 Å². The maximum Gasteiger partial charge on any atom is 0.251 e. The van der Waals surface area contributed by atoms with Crippen LogP contribution < -0.4 is 16.6 Å². The average molecular weight is 278 g/mol. The fraction of sp³-hybridized carbons (Fsp3) is 0.0769. The average Bonchev–Trinajstić information content (AvgIpc) is 2.34. The minimum atomic E-state index is -0.324. The molecule has 0 aliphatic heterocycles. The molecule has 0 unspecified atom stereocenters. The Morgan fingerprint density at radius 1 is 1.32 bits per heavy atom. The molecule has 1 heterocycles. The number of carbonyl (C=O) groups is 1. The summed E-state index contributed by atoms with van der Waals surface area (Å²) in [5.74, 6) is -0.324. The first-order chi connectivity index (χ1) is 9.04. The van der Waals surface area contributed by atoms with Gasteiger partial charge >= 0.3 is 0 Å². The van der Waals surface area contributed by atoms with Gasteiger partial charge in [-0.15, -0.1) is 0 Å². The number of aromatic nitrogens is 1. The highest BCUT2D eigenvalue weighted by Crippen LogP contribution is 2.14. The number of nitrogens with one attached hydrogen (secondary N) is 1. The summed E-state index contributed by atoms with van der Waals surface area (Å²) in [4.78, 5) is 23.3. The molecule has 0 radical (unpaired) electrons. The molecule has 0 bridgehead atoms. The second-order valence-corrected chi connectivity index (χ2v) is 4.42. The predicted molar refractivity (Wildman–Crippen MR) is 75.2 cm³/mol. The Kier molecular flexibility index (Phi) is 3.87. The summed E-state index contributed by atoms with van der Waals surface area (Å²) in [5.41, 5.74) is 6.29. The van der Waals surface area contributed by atoms with Crippen molar-refractivity contribution in [3.05, 3.63) is 58.0 Å². The fourth-order valence-electron chi connectivity index (χ4n) is 1.59. The summed E-state index contributed by atoms with van der Waals surface area (Å²) < 4.78 is 1.25. The number of halogens is 1. The van der Waals surface area contributed by atoms with E-state index in [0.29, 0.717) is 16.4 Å². The van der Waals surface area contributed by atoms with E-state index < -0.39 is 0 Å². The van der Waals surface area contributed by atoms with Crippen molar-refractivity contribution in [1.29, 1.82) is 0 Å². The molecule has 2 aromatic rings. The third-order valence-electron chi connectivity index (χ3n) is 2.43. The number of nitrogens with zero attached hydrogens (tertiary/aromatic N) is 1. The summed E-state index contributed by atoms with van der Waals surface area (Å²) in [6.07, 6.45) is 1.43. The molecule has 5 nitrogen and oxygen atoms in total. The Morgan fingerprint density at radius 2 is 2.11 bits per heavy atom. The fourth-order valence-corrected chi connectivity index (χ4v) is 1.79. The number of hydrogen-bond donors (Lipinski definition) is 2. The first kappa shape index (κ1) is 13.2. The van der Waals surface area contributed by atoms with Crippen molar-refractivity contribution >= 4 is 28.9 Å². The van der Waals surface area contributed by atoms with Crippen LogP contribution in [0.15, 0.2) is 47.4 Å². The van der Waals surface area contributed by atoms with Crippen molar-refractivity contribution in [1.82, 2.24) is 4.57 Å². The van der Waals surface area contributed by atoms with Gasteiger partial charge in [0.1, 0.15) is 6.54 Å². The van der Waals surface area contributed by atoms with Gasteiger partial charge < -0.3 is 15.6 Å². The minimum absolute atomic E-state index is 0.101. The van der Waals surface area contributed by atoms with Gasteiger partial charge in [0.2, 0.25) is 5.91 Å². The van der Waals surface area contributed by atoms with Crippen molar-refractivity contribution in [2.24, 2.45) is 0 Å². The molecule has 0 spiro atoms. The number of carbonyl (C=O) groups excluding carboxylic acids is 1. The van der Waals surface area contributed by atoms with Crippen LogP contribution in [0.3, 0.4) is 0 Å². The lowest BCUT2D eigenvalue weighted by Crippen LogP contribution is -2.26. The van der Waals surface area contributed by atoms with Gasteiger partial charge in [0.25, 0.3) is 5.56 Å². The van der Waals surface area contributed by atoms with Crippen LogP contribution >= 0.6 is 11.6 Å². The maximum atomic E-state index is 11.8. The number of hydrogen-bond acceptors (Lipinski definition) is 3. The molecule has 6 heteroatoms. The van der Waals surface area contributed by atoms with Crippen molar-refractivity contribution in [2.45, 2.75) is 6.54 Å². The van der Waals surface area contributed by atoms with Crippen molar-refractivity contribution in [3.63, 3.8) is 0 Å². The van der Waals surface area contributed by atoms with E-state index in [0.717, 1.165) is 0 Å². The van der Waals surface area contributed by atoms with Gasteiger partial charge in [-0.2, -0.15) is 0 Å². The van der Waals surface area contributed by atoms with Gasteiger partial charge in [-0.1, -0.05) is 17.7 Å². The lowest BCUT2D eigenvalue weighted by molar-refractivity contribution is -0.116. The van der Waals surface area contributed by atoms with Gasteiger partial charge in [-0.25, -0.2) is 0 Å². The number of nitrogen functional groups attached to an aromatic ring is 1. The molecule has 1 aromatic carbocycles. The zero-order valence-electron chi connectivity index (χ0n) is 9.97. The van der Waals surface area contributed by atoms with Crippen LogP contribution in [0.2, 0.25) is 5.02 Å². The molecule has 0 saturated carbocycles. The highest BCUT2D eigenvalue weighted by molar-refractivity contribution is 6.30. The Morgan fingerprint density at radius 3 is 2.84 bits per heavy atom. The van der Waals surface area contributed by atoms with Gasteiger partial charge in [0, 0.05) is 28.7 Å². The molecule has 0 fully saturated rings. The lowest BCUT2D eigenvalue weighted by atomic mass is 10.3. The summed E-state index contributed by atoms with van der Waals surface area (Å²) in [5, 5.41) is 3.18. The SMILES string of the molecule is Nc1ccc(=O)n(CC(=O)Nc2cccc(Cl)c2)c1. The molecule has 0 aliphatic rings. The lowest BCUT2D eigenvalue weighted by Gasteiger charge is -2.08. The van der Waals surface area contributed by atoms with Crippen LogP contribution in [0, 0.1) is 0 Å². The van der Waals surface area contributed by atoms with Gasteiger partial charge in [-0.3, -0.25) is 9.59 Å². The number of pyridine rings is 1. The molecule has 98 valence electrons. The number of rotatable bonds is 3. The first-order valence-electron chi connectivity index (χ1n) is 5.56. The molecule has 2 rings (SSSR count). The molecular formula is C13H12ClN3O2.